The maximum absolute atomic E-state index is 11.4. The monoisotopic (exact) mass is 250 g/mol. The molecule has 0 bridgehead atoms. The standard InChI is InChI=1S/C12H11O2PS/c13-16(14)15(11-7-3-1-4-8-11)12-9-5-2-6-10-12/h1-10H,(H,13,14). The van der Waals surface area contributed by atoms with Gasteiger partial charge in [0.25, 0.3) is 0 Å². The van der Waals surface area contributed by atoms with Gasteiger partial charge in [-0.15, -0.1) is 0 Å². The van der Waals surface area contributed by atoms with E-state index in [9.17, 15) is 8.76 Å². The van der Waals surface area contributed by atoms with Crippen molar-refractivity contribution in [3.63, 3.8) is 0 Å². The van der Waals surface area contributed by atoms with Crippen molar-refractivity contribution in [2.24, 2.45) is 0 Å². The molecule has 0 amide bonds. The van der Waals surface area contributed by atoms with Gasteiger partial charge in [0.05, 0.1) is 7.12 Å². The molecule has 2 aromatic rings. The minimum atomic E-state index is -1.84. The third-order valence-corrected chi connectivity index (χ3v) is 6.19. The molecule has 0 radical (unpaired) electrons. The maximum atomic E-state index is 11.4. The molecule has 0 heterocycles. The van der Waals surface area contributed by atoms with Gasteiger partial charge in [0, 0.05) is 0 Å². The molecule has 82 valence electrons. The lowest BCUT2D eigenvalue weighted by atomic mass is 10.4. The largest absolute Gasteiger partial charge is 0.302 e. The predicted molar refractivity (Wildman–Crippen MR) is 69.8 cm³/mol. The summed E-state index contributed by atoms with van der Waals surface area (Å²) in [5.74, 6) is 0. The Kier molecular flexibility index (Phi) is 3.83. The van der Waals surface area contributed by atoms with Crippen molar-refractivity contribution in [1.82, 2.24) is 0 Å². The summed E-state index contributed by atoms with van der Waals surface area (Å²) >= 11 is 0. The second-order valence-corrected chi connectivity index (χ2v) is 7.31. The van der Waals surface area contributed by atoms with E-state index < -0.39 is 17.8 Å². The summed E-state index contributed by atoms with van der Waals surface area (Å²) in [5, 5.41) is 1.84. The summed E-state index contributed by atoms with van der Waals surface area (Å²) < 4.78 is 20.9. The Labute approximate surface area is 98.1 Å². The zero-order valence-electron chi connectivity index (χ0n) is 8.48. The molecule has 0 aromatic heterocycles. The molecule has 0 saturated carbocycles. The zero-order chi connectivity index (χ0) is 11.4. The molecule has 1 N–H and O–H groups in total. The molecule has 2 nitrogen and oxygen atoms in total. The van der Waals surface area contributed by atoms with E-state index in [1.165, 1.54) is 0 Å². The van der Waals surface area contributed by atoms with Crippen LogP contribution in [0.25, 0.3) is 0 Å². The lowest BCUT2D eigenvalue weighted by molar-refractivity contribution is 0.580. The van der Waals surface area contributed by atoms with E-state index in [0.717, 1.165) is 10.6 Å². The fourth-order valence-electron chi connectivity index (χ4n) is 1.46. The smallest absolute Gasteiger partial charge is 0.183 e. The number of rotatable bonds is 3. The second-order valence-electron chi connectivity index (χ2n) is 3.20. The summed E-state index contributed by atoms with van der Waals surface area (Å²) in [6.45, 7) is 0. The van der Waals surface area contributed by atoms with E-state index in [2.05, 4.69) is 0 Å². The molecule has 1 unspecified atom stereocenters. The van der Waals surface area contributed by atoms with Gasteiger partial charge in [-0.25, -0.2) is 4.21 Å². The van der Waals surface area contributed by atoms with Crippen LogP contribution in [0, 0.1) is 0 Å². The van der Waals surface area contributed by atoms with Gasteiger partial charge in [-0.2, -0.15) is 0 Å². The van der Waals surface area contributed by atoms with Crippen molar-refractivity contribution in [3.05, 3.63) is 60.7 Å². The fraction of sp³-hybridized carbons (Fsp3) is 0. The molecular formula is C12H11O2PS. The molecule has 1 atom stereocenters. The molecule has 2 rings (SSSR count). The highest BCUT2D eigenvalue weighted by atomic mass is 32.8. The van der Waals surface area contributed by atoms with Crippen molar-refractivity contribution < 1.29 is 8.76 Å². The van der Waals surface area contributed by atoms with Gasteiger partial charge in [0.1, 0.15) is 0 Å². The molecular weight excluding hydrogens is 239 g/mol. The van der Waals surface area contributed by atoms with Crippen LogP contribution in [0.15, 0.2) is 60.7 Å². The Morgan fingerprint density at radius 2 is 1.19 bits per heavy atom. The van der Waals surface area contributed by atoms with Crippen LogP contribution in [0.2, 0.25) is 0 Å². The van der Waals surface area contributed by atoms with Crippen LogP contribution in [0.5, 0.6) is 0 Å². The van der Waals surface area contributed by atoms with Crippen molar-refractivity contribution >= 4 is 28.4 Å². The fourth-order valence-corrected chi connectivity index (χ4v) is 4.81. The maximum Gasteiger partial charge on any atom is 0.183 e. The number of hydrogen-bond donors (Lipinski definition) is 1. The number of hydrogen-bond acceptors (Lipinski definition) is 1. The van der Waals surface area contributed by atoms with Crippen molar-refractivity contribution in [3.8, 4) is 0 Å². The van der Waals surface area contributed by atoms with Crippen LogP contribution in [0.4, 0.5) is 0 Å². The summed E-state index contributed by atoms with van der Waals surface area (Å²) in [5.41, 5.74) is 0. The highest BCUT2D eigenvalue weighted by Crippen LogP contribution is 2.36. The molecule has 2 aromatic carbocycles. The van der Waals surface area contributed by atoms with E-state index in [1.807, 2.05) is 60.7 Å². The minimum Gasteiger partial charge on any atom is -0.302 e. The topological polar surface area (TPSA) is 37.3 Å². The van der Waals surface area contributed by atoms with Crippen molar-refractivity contribution in [2.45, 2.75) is 0 Å². The van der Waals surface area contributed by atoms with Crippen LogP contribution in [-0.2, 0) is 10.7 Å². The first-order valence-corrected chi connectivity index (χ1v) is 7.85. The highest BCUT2D eigenvalue weighted by Gasteiger charge is 2.19. The molecule has 0 aliphatic heterocycles. The zero-order valence-corrected chi connectivity index (χ0v) is 10.2. The Morgan fingerprint density at radius 1 is 0.812 bits per heavy atom. The average molecular weight is 250 g/mol. The van der Waals surface area contributed by atoms with E-state index >= 15 is 0 Å². The number of benzene rings is 2. The van der Waals surface area contributed by atoms with Crippen LogP contribution < -0.4 is 10.6 Å². The van der Waals surface area contributed by atoms with Crippen LogP contribution in [0.3, 0.4) is 0 Å². The van der Waals surface area contributed by atoms with Crippen molar-refractivity contribution in [2.75, 3.05) is 0 Å². The first kappa shape index (κ1) is 11.5. The second kappa shape index (κ2) is 5.35. The summed E-state index contributed by atoms with van der Waals surface area (Å²) in [6.07, 6.45) is 0. The van der Waals surface area contributed by atoms with Crippen LogP contribution >= 0.6 is 7.12 Å². The van der Waals surface area contributed by atoms with Gasteiger partial charge in [-0.1, -0.05) is 60.7 Å². The SMILES string of the molecule is O=S(O)P(c1ccccc1)c1ccccc1. The molecule has 0 saturated heterocycles. The van der Waals surface area contributed by atoms with Gasteiger partial charge < -0.3 is 4.55 Å². The van der Waals surface area contributed by atoms with Crippen LogP contribution in [-0.4, -0.2) is 8.76 Å². The van der Waals surface area contributed by atoms with E-state index in [-0.39, 0.29) is 0 Å². The lowest BCUT2D eigenvalue weighted by Crippen LogP contribution is -2.14. The minimum absolute atomic E-state index is 0.921. The third-order valence-electron chi connectivity index (χ3n) is 2.14. The highest BCUT2D eigenvalue weighted by molar-refractivity contribution is 8.48. The predicted octanol–water partition coefficient (Wildman–Crippen LogP) is 2.26. The summed E-state index contributed by atoms with van der Waals surface area (Å²) in [7, 11) is -3.02. The molecule has 0 aliphatic carbocycles. The Bertz CT molecular complexity index is 433. The third kappa shape index (κ3) is 2.56. The van der Waals surface area contributed by atoms with Gasteiger partial charge in [0.15, 0.2) is 10.7 Å². The van der Waals surface area contributed by atoms with Gasteiger partial charge in [-0.3, -0.25) is 0 Å². The van der Waals surface area contributed by atoms with Gasteiger partial charge >= 0.3 is 0 Å². The molecule has 0 spiro atoms. The van der Waals surface area contributed by atoms with Gasteiger partial charge in [0.2, 0.25) is 0 Å². The quantitative estimate of drug-likeness (QED) is 0.670. The van der Waals surface area contributed by atoms with Crippen molar-refractivity contribution in [1.29, 1.82) is 0 Å². The van der Waals surface area contributed by atoms with E-state index in [4.69, 9.17) is 0 Å². The molecule has 4 heteroatoms. The Morgan fingerprint density at radius 3 is 1.50 bits per heavy atom. The molecule has 16 heavy (non-hydrogen) atoms. The first-order valence-electron chi connectivity index (χ1n) is 4.80. The van der Waals surface area contributed by atoms with E-state index in [0.29, 0.717) is 0 Å². The molecule has 0 aliphatic rings. The summed E-state index contributed by atoms with van der Waals surface area (Å²) in [4.78, 5) is 0. The average Bonchev–Trinajstić information content (AvgIpc) is 2.31. The Balaban J connectivity index is 2.44. The molecule has 0 fully saturated rings. The summed E-state index contributed by atoms with van der Waals surface area (Å²) in [6, 6.07) is 19.0. The van der Waals surface area contributed by atoms with Gasteiger partial charge in [-0.05, 0) is 10.6 Å². The van der Waals surface area contributed by atoms with E-state index in [1.54, 1.807) is 0 Å². The van der Waals surface area contributed by atoms with Crippen LogP contribution in [0.1, 0.15) is 0 Å². The Hall–Kier alpha value is -1.02. The normalized spacial score (nSPS) is 12.6. The first-order chi connectivity index (χ1) is 7.79. The lowest BCUT2D eigenvalue weighted by Gasteiger charge is -2.13.